The molecule has 0 radical (unpaired) electrons. The van der Waals surface area contributed by atoms with Crippen LogP contribution in [0.1, 0.15) is 25.0 Å². The van der Waals surface area contributed by atoms with Crippen molar-refractivity contribution in [3.63, 3.8) is 0 Å². The molecule has 0 amide bonds. The third-order valence-corrected chi connectivity index (χ3v) is 4.10. The van der Waals surface area contributed by atoms with Crippen molar-refractivity contribution in [3.8, 4) is 11.1 Å². The summed E-state index contributed by atoms with van der Waals surface area (Å²) in [7, 11) is 0. The molecule has 0 saturated carbocycles. The summed E-state index contributed by atoms with van der Waals surface area (Å²) in [6.45, 7) is 1.85. The number of hydrogen-bond acceptors (Lipinski definition) is 3. The van der Waals surface area contributed by atoms with Crippen LogP contribution in [-0.2, 0) is 4.79 Å². The van der Waals surface area contributed by atoms with Gasteiger partial charge in [0.05, 0.1) is 5.69 Å². The van der Waals surface area contributed by atoms with Crippen LogP contribution in [0.2, 0.25) is 0 Å². The molecule has 1 aromatic heterocycles. The lowest BCUT2D eigenvalue weighted by Gasteiger charge is -2.29. The maximum Gasteiger partial charge on any atom is 0.328 e. The Morgan fingerprint density at radius 1 is 1.08 bits per heavy atom. The minimum Gasteiger partial charge on any atom is -0.478 e. The number of halogens is 1. The van der Waals surface area contributed by atoms with Crippen molar-refractivity contribution in [2.45, 2.75) is 19.3 Å². The van der Waals surface area contributed by atoms with Crippen LogP contribution in [0.25, 0.3) is 17.2 Å². The zero-order valence-corrected chi connectivity index (χ0v) is 13.3. The fourth-order valence-corrected chi connectivity index (χ4v) is 2.91. The third kappa shape index (κ3) is 3.79. The van der Waals surface area contributed by atoms with Crippen molar-refractivity contribution in [2.24, 2.45) is 0 Å². The van der Waals surface area contributed by atoms with E-state index < -0.39 is 5.97 Å². The molecule has 5 heteroatoms. The smallest absolute Gasteiger partial charge is 0.328 e. The summed E-state index contributed by atoms with van der Waals surface area (Å²) >= 11 is 0. The molecule has 1 aromatic carbocycles. The molecule has 3 rings (SSSR count). The predicted octanol–water partition coefficient (Wildman–Crippen LogP) is 3.98. The molecule has 24 heavy (non-hydrogen) atoms. The van der Waals surface area contributed by atoms with Gasteiger partial charge in [0.25, 0.3) is 0 Å². The van der Waals surface area contributed by atoms with E-state index in [4.69, 9.17) is 5.11 Å². The van der Waals surface area contributed by atoms with E-state index in [1.54, 1.807) is 18.2 Å². The van der Waals surface area contributed by atoms with Crippen molar-refractivity contribution in [3.05, 3.63) is 54.0 Å². The predicted molar refractivity (Wildman–Crippen MR) is 92.4 cm³/mol. The molecule has 1 aliphatic heterocycles. The van der Waals surface area contributed by atoms with Crippen LogP contribution < -0.4 is 4.90 Å². The fraction of sp³-hybridized carbons (Fsp3) is 0.263. The van der Waals surface area contributed by atoms with Gasteiger partial charge >= 0.3 is 5.97 Å². The van der Waals surface area contributed by atoms with Gasteiger partial charge in [-0.3, -0.25) is 0 Å². The second-order valence-electron chi connectivity index (χ2n) is 5.83. The molecule has 4 nitrogen and oxygen atoms in total. The largest absolute Gasteiger partial charge is 0.478 e. The van der Waals surface area contributed by atoms with Crippen molar-refractivity contribution in [2.75, 3.05) is 18.0 Å². The molecule has 2 heterocycles. The van der Waals surface area contributed by atoms with E-state index in [2.05, 4.69) is 9.88 Å². The first-order valence-corrected chi connectivity index (χ1v) is 8.06. The molecule has 1 aliphatic rings. The number of benzene rings is 1. The molecule has 0 bridgehead atoms. The molecular weight excluding hydrogens is 307 g/mol. The quantitative estimate of drug-likeness (QED) is 0.864. The number of hydrogen-bond donors (Lipinski definition) is 1. The SMILES string of the molecule is O=C(O)C=Cc1ccc(-c2ccc(F)cc2)c(N2CCCCC2)n1. The summed E-state index contributed by atoms with van der Waals surface area (Å²) in [6.07, 6.45) is 6.00. The molecule has 124 valence electrons. The maximum atomic E-state index is 13.2. The lowest BCUT2D eigenvalue weighted by Crippen LogP contribution is -2.30. The Morgan fingerprint density at radius 2 is 1.79 bits per heavy atom. The Morgan fingerprint density at radius 3 is 2.46 bits per heavy atom. The van der Waals surface area contributed by atoms with Gasteiger partial charge in [0.2, 0.25) is 0 Å². The topological polar surface area (TPSA) is 53.4 Å². The molecule has 0 spiro atoms. The summed E-state index contributed by atoms with van der Waals surface area (Å²) in [5.74, 6) is -0.444. The molecule has 1 saturated heterocycles. The van der Waals surface area contributed by atoms with Gasteiger partial charge in [0.15, 0.2) is 0 Å². The van der Waals surface area contributed by atoms with Gasteiger partial charge in [-0.1, -0.05) is 12.1 Å². The van der Waals surface area contributed by atoms with Crippen LogP contribution in [0.3, 0.4) is 0 Å². The van der Waals surface area contributed by atoms with Crippen molar-refractivity contribution >= 4 is 17.9 Å². The van der Waals surface area contributed by atoms with Crippen LogP contribution in [0.4, 0.5) is 10.2 Å². The Hall–Kier alpha value is -2.69. The molecule has 0 unspecified atom stereocenters. The van der Waals surface area contributed by atoms with E-state index >= 15 is 0 Å². The highest BCUT2D eigenvalue weighted by atomic mass is 19.1. The molecular formula is C19H19FN2O2. The van der Waals surface area contributed by atoms with Gasteiger partial charge < -0.3 is 10.0 Å². The maximum absolute atomic E-state index is 13.2. The van der Waals surface area contributed by atoms with Crippen LogP contribution in [-0.4, -0.2) is 29.1 Å². The highest BCUT2D eigenvalue weighted by molar-refractivity contribution is 5.85. The number of rotatable bonds is 4. The Kier molecular flexibility index (Phi) is 4.89. The fourth-order valence-electron chi connectivity index (χ4n) is 2.91. The minimum atomic E-state index is -1.00. The molecule has 1 fully saturated rings. The second-order valence-corrected chi connectivity index (χ2v) is 5.83. The standard InChI is InChI=1S/C19H19FN2O2/c20-15-6-4-14(5-7-15)17-10-8-16(9-11-18(23)24)21-19(17)22-12-2-1-3-13-22/h4-11H,1-3,12-13H2,(H,23,24). The Balaban J connectivity index is 2.02. The summed E-state index contributed by atoms with van der Waals surface area (Å²) in [5, 5.41) is 8.79. The van der Waals surface area contributed by atoms with Crippen molar-refractivity contribution in [1.29, 1.82) is 0 Å². The number of carboxylic acids is 1. The molecule has 2 aromatic rings. The third-order valence-electron chi connectivity index (χ3n) is 4.10. The summed E-state index contributed by atoms with van der Waals surface area (Å²) in [4.78, 5) is 17.6. The normalized spacial score (nSPS) is 15.0. The van der Waals surface area contributed by atoms with Crippen LogP contribution in [0.15, 0.2) is 42.5 Å². The number of anilines is 1. The number of pyridine rings is 1. The molecule has 0 aliphatic carbocycles. The average molecular weight is 326 g/mol. The lowest BCUT2D eigenvalue weighted by molar-refractivity contribution is -0.131. The van der Waals surface area contributed by atoms with Crippen LogP contribution in [0.5, 0.6) is 0 Å². The second kappa shape index (κ2) is 7.25. The number of aliphatic carboxylic acids is 1. The lowest BCUT2D eigenvalue weighted by atomic mass is 10.0. The van der Waals surface area contributed by atoms with Crippen molar-refractivity contribution < 1.29 is 14.3 Å². The first kappa shape index (κ1) is 16.2. The number of carbonyl (C=O) groups is 1. The summed E-state index contributed by atoms with van der Waals surface area (Å²) < 4.78 is 13.2. The van der Waals surface area contributed by atoms with E-state index in [-0.39, 0.29) is 5.82 Å². The van der Waals surface area contributed by atoms with E-state index in [0.29, 0.717) is 5.69 Å². The van der Waals surface area contributed by atoms with E-state index in [0.717, 1.165) is 49.0 Å². The highest BCUT2D eigenvalue weighted by Gasteiger charge is 2.17. The van der Waals surface area contributed by atoms with Crippen LogP contribution in [0, 0.1) is 5.82 Å². The van der Waals surface area contributed by atoms with Gasteiger partial charge in [-0.2, -0.15) is 0 Å². The van der Waals surface area contributed by atoms with Gasteiger partial charge in [0.1, 0.15) is 11.6 Å². The number of nitrogens with zero attached hydrogens (tertiary/aromatic N) is 2. The first-order chi connectivity index (χ1) is 11.6. The number of piperidine rings is 1. The van der Waals surface area contributed by atoms with Gasteiger partial charge in [0, 0.05) is 24.7 Å². The summed E-state index contributed by atoms with van der Waals surface area (Å²) in [5.41, 5.74) is 2.44. The Labute approximate surface area is 140 Å². The average Bonchev–Trinajstić information content (AvgIpc) is 2.61. The molecule has 1 N–H and O–H groups in total. The zero-order valence-electron chi connectivity index (χ0n) is 13.3. The molecule has 0 atom stereocenters. The number of aromatic nitrogens is 1. The number of carboxylic acid groups (broad SMARTS) is 1. The highest BCUT2D eigenvalue weighted by Crippen LogP contribution is 2.31. The van der Waals surface area contributed by atoms with Crippen LogP contribution >= 0.6 is 0 Å². The Bertz CT molecular complexity index is 750. The van der Waals surface area contributed by atoms with Gasteiger partial charge in [-0.15, -0.1) is 0 Å². The zero-order chi connectivity index (χ0) is 16.9. The van der Waals surface area contributed by atoms with E-state index in [9.17, 15) is 9.18 Å². The van der Waals surface area contributed by atoms with Crippen molar-refractivity contribution in [1.82, 2.24) is 4.98 Å². The minimum absolute atomic E-state index is 0.271. The van der Waals surface area contributed by atoms with E-state index in [1.165, 1.54) is 24.6 Å². The van der Waals surface area contributed by atoms with Gasteiger partial charge in [-0.25, -0.2) is 14.2 Å². The first-order valence-electron chi connectivity index (χ1n) is 8.06. The van der Waals surface area contributed by atoms with E-state index in [1.807, 2.05) is 6.07 Å². The monoisotopic (exact) mass is 326 g/mol. The van der Waals surface area contributed by atoms with Gasteiger partial charge in [-0.05, 0) is 55.2 Å². The summed E-state index contributed by atoms with van der Waals surface area (Å²) in [6, 6.07) is 10.1.